The summed E-state index contributed by atoms with van der Waals surface area (Å²) in [4.78, 5) is 13.8. The molecule has 0 unspecified atom stereocenters. The monoisotopic (exact) mass is 259 g/mol. The zero-order valence-corrected chi connectivity index (χ0v) is 11.3. The molecule has 0 fully saturated rings. The Balaban J connectivity index is 2.16. The zero-order valence-electron chi connectivity index (χ0n) is 11.3. The molecule has 0 bridgehead atoms. The number of nitrogens with zero attached hydrogens (tertiary/aromatic N) is 1. The largest absolute Gasteiger partial charge is 0.507 e. The van der Waals surface area contributed by atoms with Crippen molar-refractivity contribution in [1.29, 1.82) is 0 Å². The molecule has 1 aromatic heterocycles. The van der Waals surface area contributed by atoms with Crippen LogP contribution < -0.4 is 0 Å². The summed E-state index contributed by atoms with van der Waals surface area (Å²) in [6, 6.07) is 8.68. The second-order valence-electron chi connectivity index (χ2n) is 4.69. The molecule has 0 aliphatic rings. The lowest BCUT2D eigenvalue weighted by Gasteiger charge is -2.16. The molecule has 0 saturated carbocycles. The third-order valence-corrected chi connectivity index (χ3v) is 2.92. The summed E-state index contributed by atoms with van der Waals surface area (Å²) in [5, 5.41) is 9.75. The molecule has 0 saturated heterocycles. The molecule has 1 aromatic carbocycles. The fourth-order valence-corrected chi connectivity index (χ4v) is 1.90. The number of hydrogen-bond acceptors (Lipinski definition) is 3. The smallest absolute Gasteiger partial charge is 0.257 e. The Morgan fingerprint density at radius 1 is 1.26 bits per heavy atom. The minimum atomic E-state index is -0.227. The van der Waals surface area contributed by atoms with Gasteiger partial charge in [-0.05, 0) is 38.1 Å². The molecule has 4 nitrogen and oxygen atoms in total. The van der Waals surface area contributed by atoms with Crippen LogP contribution in [0.4, 0.5) is 0 Å². The Hall–Kier alpha value is -2.23. The lowest BCUT2D eigenvalue weighted by Crippen LogP contribution is -2.26. The topological polar surface area (TPSA) is 53.7 Å². The third kappa shape index (κ3) is 2.96. The summed E-state index contributed by atoms with van der Waals surface area (Å²) in [6.45, 7) is 4.11. The average molecular weight is 259 g/mol. The van der Waals surface area contributed by atoms with E-state index >= 15 is 0 Å². The van der Waals surface area contributed by atoms with Gasteiger partial charge in [-0.15, -0.1) is 0 Å². The van der Waals surface area contributed by atoms with E-state index < -0.39 is 0 Å². The SMILES string of the molecule is Cc1ccc(O)c(C(=O)N(C)Cc2ccc(C)o2)c1. The number of aryl methyl sites for hydroxylation is 2. The second-order valence-corrected chi connectivity index (χ2v) is 4.69. The van der Waals surface area contributed by atoms with Crippen molar-refractivity contribution in [2.45, 2.75) is 20.4 Å². The van der Waals surface area contributed by atoms with Gasteiger partial charge in [0.25, 0.3) is 5.91 Å². The predicted octanol–water partition coefficient (Wildman–Crippen LogP) is 2.87. The maximum Gasteiger partial charge on any atom is 0.257 e. The van der Waals surface area contributed by atoms with Crippen molar-refractivity contribution in [2.24, 2.45) is 0 Å². The quantitative estimate of drug-likeness (QED) is 0.922. The van der Waals surface area contributed by atoms with Crippen LogP contribution in [-0.4, -0.2) is 23.0 Å². The van der Waals surface area contributed by atoms with E-state index in [1.54, 1.807) is 19.2 Å². The van der Waals surface area contributed by atoms with Crippen molar-refractivity contribution in [3.05, 3.63) is 53.0 Å². The summed E-state index contributed by atoms with van der Waals surface area (Å²) in [6.07, 6.45) is 0. The highest BCUT2D eigenvalue weighted by Crippen LogP contribution is 2.20. The molecule has 0 radical (unpaired) electrons. The normalized spacial score (nSPS) is 10.5. The van der Waals surface area contributed by atoms with Crippen molar-refractivity contribution in [3.8, 4) is 5.75 Å². The summed E-state index contributed by atoms with van der Waals surface area (Å²) >= 11 is 0. The van der Waals surface area contributed by atoms with Gasteiger partial charge in [-0.1, -0.05) is 11.6 Å². The number of carbonyl (C=O) groups is 1. The number of rotatable bonds is 3. The van der Waals surface area contributed by atoms with Gasteiger partial charge in [0.05, 0.1) is 12.1 Å². The number of phenols is 1. The van der Waals surface area contributed by atoms with Gasteiger partial charge in [0.15, 0.2) is 0 Å². The van der Waals surface area contributed by atoms with Crippen LogP contribution >= 0.6 is 0 Å². The molecule has 2 aromatic rings. The molecule has 0 atom stereocenters. The molecular formula is C15H17NO3. The minimum absolute atomic E-state index is 0.00178. The van der Waals surface area contributed by atoms with Crippen molar-refractivity contribution in [2.75, 3.05) is 7.05 Å². The molecule has 0 spiro atoms. The highest BCUT2D eigenvalue weighted by atomic mass is 16.3. The van der Waals surface area contributed by atoms with Gasteiger partial charge in [-0.25, -0.2) is 0 Å². The molecule has 1 amide bonds. The van der Waals surface area contributed by atoms with Gasteiger partial charge in [-0.3, -0.25) is 4.79 Å². The maximum atomic E-state index is 12.3. The lowest BCUT2D eigenvalue weighted by molar-refractivity contribution is 0.0772. The van der Waals surface area contributed by atoms with Crippen LogP contribution in [0.15, 0.2) is 34.7 Å². The van der Waals surface area contributed by atoms with E-state index in [-0.39, 0.29) is 11.7 Å². The Kier molecular flexibility index (Phi) is 3.60. The predicted molar refractivity (Wildman–Crippen MR) is 72.1 cm³/mol. The van der Waals surface area contributed by atoms with E-state index in [0.29, 0.717) is 12.1 Å². The van der Waals surface area contributed by atoms with Crippen LogP contribution in [0.1, 0.15) is 27.4 Å². The number of hydrogen-bond donors (Lipinski definition) is 1. The standard InChI is InChI=1S/C15H17NO3/c1-10-4-7-14(17)13(8-10)15(18)16(3)9-12-6-5-11(2)19-12/h4-8,17H,9H2,1-3H3. The Labute approximate surface area is 112 Å². The molecule has 1 N–H and O–H groups in total. The molecule has 19 heavy (non-hydrogen) atoms. The molecule has 0 aliphatic carbocycles. The molecule has 4 heteroatoms. The van der Waals surface area contributed by atoms with Gasteiger partial charge in [0.1, 0.15) is 17.3 Å². The first-order valence-electron chi connectivity index (χ1n) is 6.08. The first kappa shape index (κ1) is 13.2. The van der Waals surface area contributed by atoms with Gasteiger partial charge >= 0.3 is 0 Å². The van der Waals surface area contributed by atoms with Crippen molar-refractivity contribution >= 4 is 5.91 Å². The fourth-order valence-electron chi connectivity index (χ4n) is 1.90. The highest BCUT2D eigenvalue weighted by Gasteiger charge is 2.17. The molecule has 1 heterocycles. The summed E-state index contributed by atoms with van der Waals surface area (Å²) in [5.74, 6) is 1.31. The van der Waals surface area contributed by atoms with Crippen molar-refractivity contribution in [3.63, 3.8) is 0 Å². The number of benzene rings is 1. The average Bonchev–Trinajstić information content (AvgIpc) is 2.77. The number of aromatic hydroxyl groups is 1. The number of furan rings is 1. The Morgan fingerprint density at radius 2 is 2.00 bits per heavy atom. The van der Waals surface area contributed by atoms with E-state index in [0.717, 1.165) is 17.1 Å². The van der Waals surface area contributed by atoms with E-state index in [1.807, 2.05) is 26.0 Å². The summed E-state index contributed by atoms with van der Waals surface area (Å²) in [5.41, 5.74) is 1.24. The number of carbonyl (C=O) groups excluding carboxylic acids is 1. The van der Waals surface area contributed by atoms with E-state index in [1.165, 1.54) is 11.0 Å². The first-order valence-corrected chi connectivity index (χ1v) is 6.08. The van der Waals surface area contributed by atoms with E-state index in [9.17, 15) is 9.90 Å². The van der Waals surface area contributed by atoms with Crippen LogP contribution in [-0.2, 0) is 6.54 Å². The molecule has 100 valence electrons. The van der Waals surface area contributed by atoms with Gasteiger partial charge in [-0.2, -0.15) is 0 Å². The Bertz CT molecular complexity index is 601. The van der Waals surface area contributed by atoms with Crippen molar-refractivity contribution < 1.29 is 14.3 Å². The van der Waals surface area contributed by atoms with Crippen molar-refractivity contribution in [1.82, 2.24) is 4.90 Å². The Morgan fingerprint density at radius 3 is 2.63 bits per heavy atom. The summed E-state index contributed by atoms with van der Waals surface area (Å²) < 4.78 is 5.44. The molecule has 2 rings (SSSR count). The van der Waals surface area contributed by atoms with Gasteiger partial charge in [0.2, 0.25) is 0 Å². The fraction of sp³-hybridized carbons (Fsp3) is 0.267. The minimum Gasteiger partial charge on any atom is -0.507 e. The van der Waals surface area contributed by atoms with Crippen LogP contribution in [0.2, 0.25) is 0 Å². The van der Waals surface area contributed by atoms with Gasteiger partial charge < -0.3 is 14.4 Å². The summed E-state index contributed by atoms with van der Waals surface area (Å²) in [7, 11) is 1.68. The van der Waals surface area contributed by atoms with Crippen LogP contribution in [0, 0.1) is 13.8 Å². The molecular weight excluding hydrogens is 242 g/mol. The van der Waals surface area contributed by atoms with Gasteiger partial charge in [0, 0.05) is 7.05 Å². The number of amides is 1. The lowest BCUT2D eigenvalue weighted by atomic mass is 10.1. The number of phenolic OH excluding ortho intramolecular Hbond substituents is 1. The van der Waals surface area contributed by atoms with Crippen LogP contribution in [0.3, 0.4) is 0 Å². The van der Waals surface area contributed by atoms with Crippen LogP contribution in [0.25, 0.3) is 0 Å². The molecule has 0 aliphatic heterocycles. The van der Waals surface area contributed by atoms with E-state index in [2.05, 4.69) is 0 Å². The highest BCUT2D eigenvalue weighted by molar-refractivity contribution is 5.96. The second kappa shape index (κ2) is 5.18. The van der Waals surface area contributed by atoms with Crippen LogP contribution in [0.5, 0.6) is 5.75 Å². The maximum absolute atomic E-state index is 12.3. The zero-order chi connectivity index (χ0) is 14.0. The first-order chi connectivity index (χ1) is 8.97. The van der Waals surface area contributed by atoms with E-state index in [4.69, 9.17) is 4.42 Å². The third-order valence-electron chi connectivity index (χ3n) is 2.92.